The summed E-state index contributed by atoms with van der Waals surface area (Å²) in [5.41, 5.74) is 0.832. The Morgan fingerprint density at radius 3 is 2.67 bits per heavy atom. The average Bonchev–Trinajstić information content (AvgIpc) is 2.52. The van der Waals surface area contributed by atoms with E-state index in [9.17, 15) is 8.42 Å². The summed E-state index contributed by atoms with van der Waals surface area (Å²) in [5.74, 6) is 0.460. The lowest BCUT2D eigenvalue weighted by Gasteiger charge is -2.15. The van der Waals surface area contributed by atoms with Crippen LogP contribution in [0.25, 0.3) is 0 Å². The number of aliphatic hydroxyl groups excluding tert-OH is 1. The molecule has 15 heavy (non-hydrogen) atoms. The van der Waals surface area contributed by atoms with Crippen LogP contribution in [0.1, 0.15) is 11.3 Å². The van der Waals surface area contributed by atoms with Crippen LogP contribution in [0.5, 0.6) is 0 Å². The SMILES string of the molecule is Cc1occc1CN(C)S(=O)(=O)CCO. The van der Waals surface area contributed by atoms with Crippen LogP contribution >= 0.6 is 0 Å². The Labute approximate surface area is 89.4 Å². The van der Waals surface area contributed by atoms with Gasteiger partial charge in [0.05, 0.1) is 18.6 Å². The average molecular weight is 233 g/mol. The van der Waals surface area contributed by atoms with E-state index >= 15 is 0 Å². The minimum Gasteiger partial charge on any atom is -0.469 e. The monoisotopic (exact) mass is 233 g/mol. The number of aliphatic hydroxyl groups is 1. The number of rotatable bonds is 5. The van der Waals surface area contributed by atoms with E-state index < -0.39 is 10.0 Å². The quantitative estimate of drug-likeness (QED) is 0.796. The van der Waals surface area contributed by atoms with Gasteiger partial charge in [-0.15, -0.1) is 0 Å². The number of hydrogen-bond donors (Lipinski definition) is 1. The Balaban J connectivity index is 2.72. The van der Waals surface area contributed by atoms with Crippen LogP contribution in [0, 0.1) is 6.92 Å². The first-order valence-corrected chi connectivity index (χ1v) is 6.16. The lowest BCUT2D eigenvalue weighted by Crippen LogP contribution is -2.30. The highest BCUT2D eigenvalue weighted by Crippen LogP contribution is 2.13. The minimum atomic E-state index is -3.36. The van der Waals surface area contributed by atoms with Crippen LogP contribution in [0.15, 0.2) is 16.7 Å². The van der Waals surface area contributed by atoms with Gasteiger partial charge in [0.1, 0.15) is 5.76 Å². The number of sulfonamides is 1. The molecule has 0 aliphatic carbocycles. The number of nitrogens with zero attached hydrogens (tertiary/aromatic N) is 1. The Kier molecular flexibility index (Phi) is 3.90. The summed E-state index contributed by atoms with van der Waals surface area (Å²) in [5, 5.41) is 8.61. The van der Waals surface area contributed by atoms with Gasteiger partial charge in [-0.2, -0.15) is 0 Å². The van der Waals surface area contributed by atoms with Gasteiger partial charge in [0.15, 0.2) is 0 Å². The van der Waals surface area contributed by atoms with Crippen molar-refractivity contribution in [3.63, 3.8) is 0 Å². The zero-order chi connectivity index (χ0) is 11.5. The van der Waals surface area contributed by atoms with Gasteiger partial charge in [-0.1, -0.05) is 0 Å². The van der Waals surface area contributed by atoms with E-state index in [4.69, 9.17) is 9.52 Å². The van der Waals surface area contributed by atoms with Crippen molar-refractivity contribution in [2.45, 2.75) is 13.5 Å². The summed E-state index contributed by atoms with van der Waals surface area (Å²) in [4.78, 5) is 0. The third kappa shape index (κ3) is 3.05. The topological polar surface area (TPSA) is 70.8 Å². The number of furan rings is 1. The Morgan fingerprint density at radius 1 is 1.53 bits per heavy atom. The molecule has 0 unspecified atom stereocenters. The molecular weight excluding hydrogens is 218 g/mol. The first-order valence-electron chi connectivity index (χ1n) is 4.55. The van der Waals surface area contributed by atoms with E-state index in [2.05, 4.69) is 0 Å². The molecule has 6 heteroatoms. The smallest absolute Gasteiger partial charge is 0.216 e. The van der Waals surface area contributed by atoms with Crippen molar-refractivity contribution in [1.29, 1.82) is 0 Å². The van der Waals surface area contributed by atoms with Crippen molar-refractivity contribution in [3.05, 3.63) is 23.7 Å². The van der Waals surface area contributed by atoms with Crippen LogP contribution in [0.3, 0.4) is 0 Å². The van der Waals surface area contributed by atoms with Gasteiger partial charge in [-0.25, -0.2) is 12.7 Å². The van der Waals surface area contributed by atoms with Crippen LogP contribution in [-0.2, 0) is 16.6 Å². The zero-order valence-electron chi connectivity index (χ0n) is 8.80. The Bertz CT molecular complexity index is 410. The summed E-state index contributed by atoms with van der Waals surface area (Å²) >= 11 is 0. The van der Waals surface area contributed by atoms with E-state index in [1.54, 1.807) is 13.0 Å². The molecule has 0 aromatic carbocycles. The first kappa shape index (κ1) is 12.2. The van der Waals surface area contributed by atoms with Crippen molar-refractivity contribution in [3.8, 4) is 0 Å². The molecule has 1 aromatic rings. The Morgan fingerprint density at radius 2 is 2.20 bits per heavy atom. The third-order valence-electron chi connectivity index (χ3n) is 2.18. The van der Waals surface area contributed by atoms with E-state index in [1.165, 1.54) is 17.6 Å². The van der Waals surface area contributed by atoms with Gasteiger partial charge < -0.3 is 9.52 Å². The largest absolute Gasteiger partial charge is 0.469 e. The van der Waals surface area contributed by atoms with Crippen molar-refractivity contribution in [2.75, 3.05) is 19.4 Å². The normalized spacial score (nSPS) is 12.3. The molecular formula is C9H15NO4S. The second-order valence-electron chi connectivity index (χ2n) is 3.30. The highest BCUT2D eigenvalue weighted by Gasteiger charge is 2.18. The molecule has 0 amide bonds. The zero-order valence-corrected chi connectivity index (χ0v) is 9.62. The molecule has 0 radical (unpaired) electrons. The maximum Gasteiger partial charge on any atom is 0.216 e. The molecule has 0 saturated heterocycles. The number of hydrogen-bond acceptors (Lipinski definition) is 4. The molecule has 1 N–H and O–H groups in total. The van der Waals surface area contributed by atoms with Gasteiger partial charge >= 0.3 is 0 Å². The molecule has 0 aliphatic heterocycles. The summed E-state index contributed by atoms with van der Waals surface area (Å²) in [6, 6.07) is 1.74. The molecule has 0 bridgehead atoms. The van der Waals surface area contributed by atoms with E-state index in [1.807, 2.05) is 0 Å². The second-order valence-corrected chi connectivity index (χ2v) is 5.49. The summed E-state index contributed by atoms with van der Waals surface area (Å²) < 4.78 is 29.3. The highest BCUT2D eigenvalue weighted by atomic mass is 32.2. The molecule has 0 atom stereocenters. The molecule has 1 aromatic heterocycles. The van der Waals surface area contributed by atoms with Crippen LogP contribution in [0.2, 0.25) is 0 Å². The van der Waals surface area contributed by atoms with E-state index in [-0.39, 0.29) is 18.9 Å². The lowest BCUT2D eigenvalue weighted by molar-refractivity contribution is 0.316. The fourth-order valence-electron chi connectivity index (χ4n) is 1.18. The van der Waals surface area contributed by atoms with Crippen LogP contribution in [-0.4, -0.2) is 37.2 Å². The molecule has 0 saturated carbocycles. The fraction of sp³-hybridized carbons (Fsp3) is 0.556. The van der Waals surface area contributed by atoms with Crippen molar-refractivity contribution < 1.29 is 17.9 Å². The maximum atomic E-state index is 11.5. The van der Waals surface area contributed by atoms with E-state index in [0.717, 1.165) is 5.56 Å². The maximum absolute atomic E-state index is 11.5. The molecule has 0 fully saturated rings. The van der Waals surface area contributed by atoms with E-state index in [0.29, 0.717) is 5.76 Å². The van der Waals surface area contributed by atoms with Gasteiger partial charge in [-0.3, -0.25) is 0 Å². The lowest BCUT2D eigenvalue weighted by atomic mass is 10.3. The predicted molar refractivity (Wildman–Crippen MR) is 55.8 cm³/mol. The highest BCUT2D eigenvalue weighted by molar-refractivity contribution is 7.89. The summed E-state index contributed by atoms with van der Waals surface area (Å²) in [7, 11) is -1.88. The van der Waals surface area contributed by atoms with Crippen molar-refractivity contribution in [1.82, 2.24) is 4.31 Å². The van der Waals surface area contributed by atoms with Gasteiger partial charge in [0, 0.05) is 19.2 Å². The molecule has 0 spiro atoms. The van der Waals surface area contributed by atoms with Crippen LogP contribution < -0.4 is 0 Å². The fourth-order valence-corrected chi connectivity index (χ4v) is 2.06. The molecule has 86 valence electrons. The van der Waals surface area contributed by atoms with Crippen LogP contribution in [0.4, 0.5) is 0 Å². The molecule has 5 nitrogen and oxygen atoms in total. The standard InChI is InChI=1S/C9H15NO4S/c1-8-9(3-5-14-8)7-10(2)15(12,13)6-4-11/h3,5,11H,4,6-7H2,1-2H3. The predicted octanol–water partition coefficient (Wildman–Crippen LogP) is 0.342. The van der Waals surface area contributed by atoms with Gasteiger partial charge in [0.25, 0.3) is 0 Å². The summed E-state index contributed by atoms with van der Waals surface area (Å²) in [6.45, 7) is 1.68. The van der Waals surface area contributed by atoms with Crippen molar-refractivity contribution >= 4 is 10.0 Å². The Hall–Kier alpha value is -0.850. The molecule has 0 aliphatic rings. The number of aryl methyl sites for hydroxylation is 1. The third-order valence-corrected chi connectivity index (χ3v) is 3.96. The first-order chi connectivity index (χ1) is 6.97. The van der Waals surface area contributed by atoms with Gasteiger partial charge in [-0.05, 0) is 13.0 Å². The molecule has 1 heterocycles. The van der Waals surface area contributed by atoms with Crippen molar-refractivity contribution in [2.24, 2.45) is 0 Å². The van der Waals surface area contributed by atoms with Gasteiger partial charge in [0.2, 0.25) is 10.0 Å². The summed E-state index contributed by atoms with van der Waals surface area (Å²) in [6.07, 6.45) is 1.52. The second kappa shape index (κ2) is 4.78. The molecule has 1 rings (SSSR count). The minimum absolute atomic E-state index is 0.250.